The molecule has 0 atom stereocenters. The highest BCUT2D eigenvalue weighted by molar-refractivity contribution is 7.80. The molecule has 0 bridgehead atoms. The topological polar surface area (TPSA) is 41.6 Å². The van der Waals surface area contributed by atoms with Crippen LogP contribution in [0.4, 0.5) is 5.69 Å². The van der Waals surface area contributed by atoms with Crippen molar-refractivity contribution in [3.8, 4) is 5.75 Å². The molecular weight excluding hydrogens is 356 g/mol. The van der Waals surface area contributed by atoms with Crippen molar-refractivity contribution >= 4 is 28.8 Å². The Balaban J connectivity index is 1.51. The molecular formula is C22H26N2O2S. The van der Waals surface area contributed by atoms with Gasteiger partial charge in [0.2, 0.25) is 0 Å². The summed E-state index contributed by atoms with van der Waals surface area (Å²) < 4.78 is 5.61. The molecule has 1 aliphatic heterocycles. The Labute approximate surface area is 166 Å². The maximum absolute atomic E-state index is 12.1. The molecule has 1 amide bonds. The molecule has 1 N–H and O–H groups in total. The molecule has 0 saturated carbocycles. The lowest BCUT2D eigenvalue weighted by Crippen LogP contribution is -2.34. The maximum atomic E-state index is 12.1. The number of carbonyl (C=O) groups is 1. The quantitative estimate of drug-likeness (QED) is 0.774. The van der Waals surface area contributed by atoms with E-state index in [0.717, 1.165) is 34.9 Å². The lowest BCUT2D eigenvalue weighted by atomic mass is 10.1. The highest BCUT2D eigenvalue weighted by Crippen LogP contribution is 2.18. The monoisotopic (exact) mass is 382 g/mol. The van der Waals surface area contributed by atoms with Gasteiger partial charge in [-0.3, -0.25) is 4.79 Å². The first kappa shape index (κ1) is 19.4. The van der Waals surface area contributed by atoms with Gasteiger partial charge in [-0.05, 0) is 80.6 Å². The van der Waals surface area contributed by atoms with Gasteiger partial charge < -0.3 is 15.0 Å². The van der Waals surface area contributed by atoms with E-state index in [0.29, 0.717) is 5.75 Å². The van der Waals surface area contributed by atoms with E-state index in [-0.39, 0.29) is 12.5 Å². The summed E-state index contributed by atoms with van der Waals surface area (Å²) in [5, 5.41) is 2.86. The van der Waals surface area contributed by atoms with Crippen LogP contribution in [0, 0.1) is 13.8 Å². The molecule has 2 aromatic rings. The Bertz CT molecular complexity index is 812. The highest BCUT2D eigenvalue weighted by Gasteiger charge is 2.14. The predicted molar refractivity (Wildman–Crippen MR) is 114 cm³/mol. The summed E-state index contributed by atoms with van der Waals surface area (Å²) in [6, 6.07) is 13.5. The van der Waals surface area contributed by atoms with Crippen LogP contribution >= 0.6 is 12.2 Å². The Hall–Kier alpha value is -2.40. The van der Waals surface area contributed by atoms with Crippen molar-refractivity contribution in [3.63, 3.8) is 0 Å². The van der Waals surface area contributed by atoms with Crippen LogP contribution in [0.3, 0.4) is 0 Å². The number of ether oxygens (including phenoxy) is 1. The first-order valence-electron chi connectivity index (χ1n) is 9.42. The van der Waals surface area contributed by atoms with Crippen molar-refractivity contribution < 1.29 is 9.53 Å². The number of anilines is 1. The predicted octanol–water partition coefficient (Wildman–Crippen LogP) is 4.48. The average molecular weight is 383 g/mol. The minimum absolute atomic E-state index is 0.0250. The van der Waals surface area contributed by atoms with Gasteiger partial charge in [0, 0.05) is 24.3 Å². The Morgan fingerprint density at radius 2 is 1.74 bits per heavy atom. The van der Waals surface area contributed by atoms with Crippen LogP contribution in [0.1, 0.15) is 36.0 Å². The number of carbonyl (C=O) groups excluding carboxylic acids is 1. The summed E-state index contributed by atoms with van der Waals surface area (Å²) in [4.78, 5) is 15.3. The fraction of sp³-hybridized carbons (Fsp3) is 0.364. The van der Waals surface area contributed by atoms with E-state index < -0.39 is 0 Å². The van der Waals surface area contributed by atoms with E-state index in [9.17, 15) is 4.79 Å². The third kappa shape index (κ3) is 5.30. The van der Waals surface area contributed by atoms with Crippen LogP contribution in [0.2, 0.25) is 0 Å². The van der Waals surface area contributed by atoms with Gasteiger partial charge >= 0.3 is 0 Å². The number of aryl methyl sites for hydroxylation is 2. The number of nitrogens with zero attached hydrogens (tertiary/aromatic N) is 1. The van der Waals surface area contributed by atoms with Crippen molar-refractivity contribution in [2.24, 2.45) is 0 Å². The average Bonchev–Trinajstić information content (AvgIpc) is 2.70. The Kier molecular flexibility index (Phi) is 6.45. The molecule has 3 rings (SSSR count). The van der Waals surface area contributed by atoms with E-state index in [1.165, 1.54) is 24.8 Å². The number of hydrogen-bond donors (Lipinski definition) is 1. The minimum atomic E-state index is -0.175. The lowest BCUT2D eigenvalue weighted by Gasteiger charge is -2.29. The second-order valence-corrected chi connectivity index (χ2v) is 7.40. The summed E-state index contributed by atoms with van der Waals surface area (Å²) in [7, 11) is 0. The lowest BCUT2D eigenvalue weighted by molar-refractivity contribution is -0.118. The van der Waals surface area contributed by atoms with Gasteiger partial charge in [0.1, 0.15) is 10.7 Å². The third-order valence-corrected chi connectivity index (χ3v) is 5.40. The van der Waals surface area contributed by atoms with Crippen LogP contribution in [0.5, 0.6) is 5.75 Å². The van der Waals surface area contributed by atoms with E-state index in [1.807, 2.05) is 56.3 Å². The fourth-order valence-electron chi connectivity index (χ4n) is 3.14. The van der Waals surface area contributed by atoms with Gasteiger partial charge in [-0.15, -0.1) is 0 Å². The molecule has 0 aromatic heterocycles. The van der Waals surface area contributed by atoms with Crippen LogP contribution in [-0.4, -0.2) is 35.5 Å². The number of nitrogens with one attached hydrogen (secondary N) is 1. The van der Waals surface area contributed by atoms with Gasteiger partial charge in [-0.2, -0.15) is 0 Å². The number of rotatable bonds is 5. The van der Waals surface area contributed by atoms with Crippen LogP contribution in [0.15, 0.2) is 42.5 Å². The van der Waals surface area contributed by atoms with Gasteiger partial charge in [0.25, 0.3) is 5.91 Å². The van der Waals surface area contributed by atoms with E-state index >= 15 is 0 Å². The molecule has 1 fully saturated rings. The minimum Gasteiger partial charge on any atom is -0.484 e. The largest absolute Gasteiger partial charge is 0.484 e. The highest BCUT2D eigenvalue weighted by atomic mass is 32.1. The molecule has 4 nitrogen and oxygen atoms in total. The zero-order chi connectivity index (χ0) is 19.2. The molecule has 27 heavy (non-hydrogen) atoms. The second kappa shape index (κ2) is 9.00. The number of amides is 1. The number of thiocarbonyl (C=S) groups is 1. The molecule has 142 valence electrons. The van der Waals surface area contributed by atoms with Crippen molar-refractivity contribution in [1.82, 2.24) is 4.90 Å². The van der Waals surface area contributed by atoms with Crippen molar-refractivity contribution in [1.29, 1.82) is 0 Å². The third-order valence-electron chi connectivity index (χ3n) is 4.91. The fourth-order valence-corrected chi connectivity index (χ4v) is 3.46. The van der Waals surface area contributed by atoms with E-state index in [2.05, 4.69) is 10.2 Å². The molecule has 0 aliphatic carbocycles. The Morgan fingerprint density at radius 3 is 2.41 bits per heavy atom. The van der Waals surface area contributed by atoms with Crippen molar-refractivity contribution in [2.75, 3.05) is 25.0 Å². The standard InChI is InChI=1S/C22H26N2O2S/c1-16-6-9-19(14-17(16)2)23-21(25)15-26-20-10-7-18(8-11-20)22(27)24-12-4-3-5-13-24/h6-11,14H,3-5,12-13,15H2,1-2H3,(H,23,25). The molecule has 1 heterocycles. The molecule has 1 aliphatic rings. The summed E-state index contributed by atoms with van der Waals surface area (Å²) in [5.74, 6) is 0.488. The first-order valence-corrected chi connectivity index (χ1v) is 9.83. The number of likely N-dealkylation sites (tertiary alicyclic amines) is 1. The summed E-state index contributed by atoms with van der Waals surface area (Å²) >= 11 is 5.60. The molecule has 1 saturated heterocycles. The maximum Gasteiger partial charge on any atom is 0.262 e. The second-order valence-electron chi connectivity index (χ2n) is 7.01. The number of piperidine rings is 1. The normalized spacial score (nSPS) is 13.9. The van der Waals surface area contributed by atoms with E-state index in [1.54, 1.807) is 0 Å². The first-order chi connectivity index (χ1) is 13.0. The van der Waals surface area contributed by atoms with E-state index in [4.69, 9.17) is 17.0 Å². The molecule has 0 radical (unpaired) electrons. The molecule has 0 spiro atoms. The molecule has 2 aromatic carbocycles. The zero-order valence-electron chi connectivity index (χ0n) is 16.0. The summed E-state index contributed by atoms with van der Waals surface area (Å²) in [6.45, 7) is 6.12. The summed E-state index contributed by atoms with van der Waals surface area (Å²) in [5.41, 5.74) is 4.16. The van der Waals surface area contributed by atoms with Gasteiger partial charge in [0.15, 0.2) is 6.61 Å². The van der Waals surface area contributed by atoms with Crippen LogP contribution in [0.25, 0.3) is 0 Å². The Morgan fingerprint density at radius 1 is 1.04 bits per heavy atom. The van der Waals surface area contributed by atoms with Crippen molar-refractivity contribution in [2.45, 2.75) is 33.1 Å². The van der Waals surface area contributed by atoms with Gasteiger partial charge in [-0.25, -0.2) is 0 Å². The van der Waals surface area contributed by atoms with Crippen LogP contribution in [-0.2, 0) is 4.79 Å². The number of hydrogen-bond acceptors (Lipinski definition) is 3. The summed E-state index contributed by atoms with van der Waals surface area (Å²) in [6.07, 6.45) is 3.70. The van der Waals surface area contributed by atoms with Crippen molar-refractivity contribution in [3.05, 3.63) is 59.2 Å². The van der Waals surface area contributed by atoms with Gasteiger partial charge in [-0.1, -0.05) is 18.3 Å². The molecule has 5 heteroatoms. The number of benzene rings is 2. The van der Waals surface area contributed by atoms with Gasteiger partial charge in [0.05, 0.1) is 0 Å². The van der Waals surface area contributed by atoms with Crippen LogP contribution < -0.4 is 10.1 Å². The SMILES string of the molecule is Cc1ccc(NC(=O)COc2ccc(C(=S)N3CCCCC3)cc2)cc1C. The molecule has 0 unspecified atom stereocenters. The smallest absolute Gasteiger partial charge is 0.262 e. The zero-order valence-corrected chi connectivity index (χ0v) is 16.8.